The van der Waals surface area contributed by atoms with E-state index >= 15 is 0 Å². The van der Waals surface area contributed by atoms with E-state index in [9.17, 15) is 4.79 Å². The molecular weight excluding hydrogens is 262 g/mol. The standard InChI is InChI=1S/C13H15N3O4/c1-13(2,3)20-12(17)9-6-16-10(7-15-9)19-8-11-14-4-5-18-11/h4-7H,8H2,1-3H3. The van der Waals surface area contributed by atoms with Gasteiger partial charge in [0.15, 0.2) is 12.3 Å². The predicted molar refractivity (Wildman–Crippen MR) is 68.0 cm³/mol. The quantitative estimate of drug-likeness (QED) is 0.790. The number of esters is 1. The maximum Gasteiger partial charge on any atom is 0.359 e. The molecule has 20 heavy (non-hydrogen) atoms. The fourth-order valence-electron chi connectivity index (χ4n) is 1.29. The van der Waals surface area contributed by atoms with Crippen molar-refractivity contribution in [2.45, 2.75) is 33.0 Å². The maximum atomic E-state index is 11.7. The normalized spacial score (nSPS) is 11.2. The van der Waals surface area contributed by atoms with Crippen LogP contribution in [0.3, 0.4) is 0 Å². The van der Waals surface area contributed by atoms with Gasteiger partial charge in [0.25, 0.3) is 0 Å². The molecule has 2 aromatic rings. The molecule has 0 saturated heterocycles. The molecule has 0 spiro atoms. The first kappa shape index (κ1) is 14.0. The van der Waals surface area contributed by atoms with Gasteiger partial charge in [-0.05, 0) is 20.8 Å². The fraction of sp³-hybridized carbons (Fsp3) is 0.385. The van der Waals surface area contributed by atoms with Crippen LogP contribution in [0.25, 0.3) is 0 Å². The maximum absolute atomic E-state index is 11.7. The number of nitrogens with zero attached hydrogens (tertiary/aromatic N) is 3. The van der Waals surface area contributed by atoms with E-state index in [1.54, 1.807) is 20.8 Å². The first-order chi connectivity index (χ1) is 9.44. The third-order valence-electron chi connectivity index (χ3n) is 2.06. The first-order valence-electron chi connectivity index (χ1n) is 6.00. The van der Waals surface area contributed by atoms with E-state index in [0.717, 1.165) is 0 Å². The van der Waals surface area contributed by atoms with Crippen LogP contribution >= 0.6 is 0 Å². The molecule has 0 aliphatic heterocycles. The van der Waals surface area contributed by atoms with Crippen molar-refractivity contribution in [1.29, 1.82) is 0 Å². The largest absolute Gasteiger partial charge is 0.467 e. The molecule has 0 amide bonds. The Balaban J connectivity index is 1.94. The summed E-state index contributed by atoms with van der Waals surface area (Å²) in [4.78, 5) is 23.6. The van der Waals surface area contributed by atoms with Gasteiger partial charge in [-0.1, -0.05) is 0 Å². The molecule has 0 radical (unpaired) electrons. The van der Waals surface area contributed by atoms with Crippen molar-refractivity contribution in [3.63, 3.8) is 0 Å². The van der Waals surface area contributed by atoms with E-state index in [1.165, 1.54) is 24.9 Å². The minimum absolute atomic E-state index is 0.128. The number of aromatic nitrogens is 3. The zero-order valence-electron chi connectivity index (χ0n) is 11.5. The predicted octanol–water partition coefficient (Wildman–Crippen LogP) is 2.00. The van der Waals surface area contributed by atoms with Crippen molar-refractivity contribution in [3.05, 3.63) is 36.4 Å². The number of ether oxygens (including phenoxy) is 2. The van der Waals surface area contributed by atoms with E-state index in [0.29, 0.717) is 5.89 Å². The van der Waals surface area contributed by atoms with Gasteiger partial charge in [0.1, 0.15) is 11.9 Å². The van der Waals surface area contributed by atoms with Crippen LogP contribution in [0.5, 0.6) is 5.88 Å². The summed E-state index contributed by atoms with van der Waals surface area (Å²) in [5.74, 6) is 0.183. The first-order valence-corrected chi connectivity index (χ1v) is 6.00. The number of carbonyl (C=O) groups excluding carboxylic acids is 1. The van der Waals surface area contributed by atoms with Crippen molar-refractivity contribution in [1.82, 2.24) is 15.0 Å². The molecule has 7 nitrogen and oxygen atoms in total. The Morgan fingerprint density at radius 1 is 1.25 bits per heavy atom. The highest BCUT2D eigenvalue weighted by Gasteiger charge is 2.19. The number of hydrogen-bond acceptors (Lipinski definition) is 7. The number of oxazole rings is 1. The Labute approximate surface area is 116 Å². The van der Waals surface area contributed by atoms with Gasteiger partial charge in [-0.25, -0.2) is 19.7 Å². The molecule has 2 aromatic heterocycles. The number of carbonyl (C=O) groups is 1. The van der Waals surface area contributed by atoms with E-state index in [4.69, 9.17) is 13.9 Å². The summed E-state index contributed by atoms with van der Waals surface area (Å²) in [6.45, 7) is 5.50. The summed E-state index contributed by atoms with van der Waals surface area (Å²) in [6.07, 6.45) is 5.63. The second-order valence-corrected chi connectivity index (χ2v) is 4.96. The van der Waals surface area contributed by atoms with Crippen LogP contribution in [0.15, 0.2) is 29.3 Å². The summed E-state index contributed by atoms with van der Waals surface area (Å²) in [5.41, 5.74) is -0.442. The van der Waals surface area contributed by atoms with E-state index < -0.39 is 11.6 Å². The van der Waals surface area contributed by atoms with Crippen molar-refractivity contribution in [3.8, 4) is 5.88 Å². The van der Waals surface area contributed by atoms with Crippen molar-refractivity contribution in [2.75, 3.05) is 0 Å². The average Bonchev–Trinajstić information content (AvgIpc) is 2.88. The van der Waals surface area contributed by atoms with Gasteiger partial charge < -0.3 is 13.9 Å². The highest BCUT2D eigenvalue weighted by Crippen LogP contribution is 2.12. The average molecular weight is 277 g/mol. The molecule has 0 N–H and O–H groups in total. The molecule has 0 bridgehead atoms. The Kier molecular flexibility index (Phi) is 3.97. The van der Waals surface area contributed by atoms with Gasteiger partial charge in [0, 0.05) is 0 Å². The number of hydrogen-bond donors (Lipinski definition) is 0. The lowest BCUT2D eigenvalue weighted by atomic mass is 10.2. The van der Waals surface area contributed by atoms with Crippen LogP contribution in [0.2, 0.25) is 0 Å². The second-order valence-electron chi connectivity index (χ2n) is 4.96. The highest BCUT2D eigenvalue weighted by molar-refractivity contribution is 5.87. The van der Waals surface area contributed by atoms with Crippen molar-refractivity contribution in [2.24, 2.45) is 0 Å². The van der Waals surface area contributed by atoms with Gasteiger partial charge in [-0.2, -0.15) is 0 Å². The number of rotatable bonds is 4. The van der Waals surface area contributed by atoms with Crippen molar-refractivity contribution >= 4 is 5.97 Å². The van der Waals surface area contributed by atoms with Crippen LogP contribution < -0.4 is 4.74 Å². The van der Waals surface area contributed by atoms with E-state index in [2.05, 4.69) is 15.0 Å². The van der Waals surface area contributed by atoms with Gasteiger partial charge in [0.2, 0.25) is 11.8 Å². The SMILES string of the molecule is CC(C)(C)OC(=O)c1cnc(OCc2ncco2)cn1. The molecule has 0 fully saturated rings. The molecule has 0 unspecified atom stereocenters. The fourth-order valence-corrected chi connectivity index (χ4v) is 1.29. The summed E-state index contributed by atoms with van der Waals surface area (Å²) in [7, 11) is 0. The minimum Gasteiger partial charge on any atom is -0.467 e. The zero-order chi connectivity index (χ0) is 14.6. The van der Waals surface area contributed by atoms with Crippen molar-refractivity contribution < 1.29 is 18.7 Å². The molecular formula is C13H15N3O4. The third-order valence-corrected chi connectivity index (χ3v) is 2.06. The van der Waals surface area contributed by atoms with Crippen LogP contribution in [0.4, 0.5) is 0 Å². The van der Waals surface area contributed by atoms with Crippen LogP contribution in [-0.4, -0.2) is 26.5 Å². The Morgan fingerprint density at radius 3 is 2.60 bits per heavy atom. The topological polar surface area (TPSA) is 87.3 Å². The highest BCUT2D eigenvalue weighted by atomic mass is 16.6. The lowest BCUT2D eigenvalue weighted by Gasteiger charge is -2.18. The zero-order valence-corrected chi connectivity index (χ0v) is 11.5. The molecule has 106 valence electrons. The van der Waals surface area contributed by atoms with E-state index in [-0.39, 0.29) is 18.2 Å². The van der Waals surface area contributed by atoms with Gasteiger partial charge in [0.05, 0.1) is 18.6 Å². The lowest BCUT2D eigenvalue weighted by Crippen LogP contribution is -2.24. The Bertz CT molecular complexity index is 558. The Morgan fingerprint density at radius 2 is 2.05 bits per heavy atom. The molecule has 0 aliphatic carbocycles. The molecule has 0 aliphatic rings. The summed E-state index contributed by atoms with van der Waals surface area (Å²) >= 11 is 0. The van der Waals surface area contributed by atoms with Gasteiger partial charge >= 0.3 is 5.97 Å². The van der Waals surface area contributed by atoms with Gasteiger partial charge in [-0.15, -0.1) is 0 Å². The monoisotopic (exact) mass is 277 g/mol. The summed E-state index contributed by atoms with van der Waals surface area (Å²) in [5, 5.41) is 0. The Hall–Kier alpha value is -2.44. The minimum atomic E-state index is -0.571. The molecule has 0 atom stereocenters. The van der Waals surface area contributed by atoms with E-state index in [1.807, 2.05) is 0 Å². The molecule has 2 heterocycles. The molecule has 0 saturated carbocycles. The summed E-state index contributed by atoms with van der Waals surface area (Å²) < 4.78 is 15.5. The van der Waals surface area contributed by atoms with Crippen LogP contribution in [0, 0.1) is 0 Å². The molecule has 7 heteroatoms. The lowest BCUT2D eigenvalue weighted by molar-refractivity contribution is 0.00621. The van der Waals surface area contributed by atoms with Crippen LogP contribution in [0.1, 0.15) is 37.2 Å². The third kappa shape index (κ3) is 4.04. The molecule has 0 aromatic carbocycles. The van der Waals surface area contributed by atoms with Crippen LogP contribution in [-0.2, 0) is 11.3 Å². The summed E-state index contributed by atoms with van der Waals surface area (Å²) in [6, 6.07) is 0. The second kappa shape index (κ2) is 5.68. The van der Waals surface area contributed by atoms with Gasteiger partial charge in [-0.3, -0.25) is 0 Å². The smallest absolute Gasteiger partial charge is 0.359 e. The molecule has 2 rings (SSSR count).